The molecular weight excluding hydrogens is 338 g/mol. The summed E-state index contributed by atoms with van der Waals surface area (Å²) in [4.78, 5) is 13.0. The summed E-state index contributed by atoms with van der Waals surface area (Å²) in [5, 5.41) is 7.77. The Bertz CT molecular complexity index is 963. The molecule has 2 aromatic carbocycles. The molecule has 0 radical (unpaired) electrons. The molecule has 4 rings (SSSR count). The van der Waals surface area contributed by atoms with Crippen molar-refractivity contribution in [3.05, 3.63) is 82.7 Å². The molecule has 0 bridgehead atoms. The number of fused-ring (bicyclic) bond motifs is 1. The van der Waals surface area contributed by atoms with Gasteiger partial charge in [-0.3, -0.25) is 9.48 Å². The minimum absolute atomic E-state index is 0.0428. The van der Waals surface area contributed by atoms with E-state index < -0.39 is 0 Å². The summed E-state index contributed by atoms with van der Waals surface area (Å²) in [6.45, 7) is 5.10. The van der Waals surface area contributed by atoms with Gasteiger partial charge in [0.25, 0.3) is 5.91 Å². The zero-order valence-corrected chi connectivity index (χ0v) is 15.6. The second-order valence-corrected chi connectivity index (χ2v) is 6.89. The number of carbonyl (C=O) groups is 1. The van der Waals surface area contributed by atoms with Gasteiger partial charge in [-0.05, 0) is 25.5 Å². The second kappa shape index (κ2) is 7.27. The van der Waals surface area contributed by atoms with Crippen LogP contribution in [0, 0.1) is 13.8 Å². The molecule has 1 unspecified atom stereocenters. The molecule has 0 spiro atoms. The minimum atomic E-state index is -0.0778. The van der Waals surface area contributed by atoms with E-state index in [0.29, 0.717) is 18.7 Å². The van der Waals surface area contributed by atoms with E-state index in [1.807, 2.05) is 61.0 Å². The van der Waals surface area contributed by atoms with E-state index in [9.17, 15) is 4.79 Å². The lowest BCUT2D eigenvalue weighted by molar-refractivity contribution is 0.0923. The molecule has 1 aromatic heterocycles. The molecule has 138 valence electrons. The van der Waals surface area contributed by atoms with Crippen molar-refractivity contribution in [1.29, 1.82) is 0 Å². The zero-order valence-electron chi connectivity index (χ0n) is 15.6. The molecule has 5 heteroatoms. The predicted molar refractivity (Wildman–Crippen MR) is 104 cm³/mol. The first-order chi connectivity index (χ1) is 13.1. The van der Waals surface area contributed by atoms with Crippen LogP contribution in [-0.4, -0.2) is 22.3 Å². The van der Waals surface area contributed by atoms with Gasteiger partial charge in [-0.15, -0.1) is 0 Å². The Balaban J connectivity index is 1.56. The van der Waals surface area contributed by atoms with Crippen molar-refractivity contribution in [2.24, 2.45) is 0 Å². The fraction of sp³-hybridized carbons (Fsp3) is 0.273. The van der Waals surface area contributed by atoms with Crippen LogP contribution >= 0.6 is 0 Å². The Morgan fingerprint density at radius 2 is 1.89 bits per heavy atom. The van der Waals surface area contributed by atoms with E-state index in [0.717, 1.165) is 34.7 Å². The van der Waals surface area contributed by atoms with Crippen LogP contribution < -0.4 is 10.1 Å². The highest BCUT2D eigenvalue weighted by atomic mass is 16.5. The average molecular weight is 361 g/mol. The van der Waals surface area contributed by atoms with E-state index >= 15 is 0 Å². The standard InChI is InChI=1S/C22H23N3O2/c1-15-21(16(2)25(24-15)14-17-8-4-3-5-9-17)22(26)23-19-12-13-27-20-11-7-6-10-18(19)20/h3-11,19H,12-14H2,1-2H3,(H,23,26). The second-order valence-electron chi connectivity index (χ2n) is 6.89. The van der Waals surface area contributed by atoms with Crippen molar-refractivity contribution >= 4 is 5.91 Å². The number of ether oxygens (including phenoxy) is 1. The fourth-order valence-corrected chi connectivity index (χ4v) is 3.66. The van der Waals surface area contributed by atoms with Crippen molar-refractivity contribution in [2.45, 2.75) is 32.9 Å². The summed E-state index contributed by atoms with van der Waals surface area (Å²) in [5.74, 6) is 0.772. The van der Waals surface area contributed by atoms with Crippen LogP contribution in [0.25, 0.3) is 0 Å². The lowest BCUT2D eigenvalue weighted by Crippen LogP contribution is -2.32. The number of hydrogen-bond acceptors (Lipinski definition) is 3. The van der Waals surface area contributed by atoms with Crippen molar-refractivity contribution in [2.75, 3.05) is 6.61 Å². The van der Waals surface area contributed by atoms with E-state index in [1.54, 1.807) is 0 Å². The highest BCUT2D eigenvalue weighted by Crippen LogP contribution is 2.32. The van der Waals surface area contributed by atoms with Gasteiger partial charge in [-0.25, -0.2) is 0 Å². The van der Waals surface area contributed by atoms with Gasteiger partial charge in [0.05, 0.1) is 30.5 Å². The summed E-state index contributed by atoms with van der Waals surface area (Å²) < 4.78 is 7.59. The highest BCUT2D eigenvalue weighted by molar-refractivity contribution is 5.96. The smallest absolute Gasteiger partial charge is 0.255 e. The largest absolute Gasteiger partial charge is 0.493 e. The molecule has 1 amide bonds. The van der Waals surface area contributed by atoms with Crippen LogP contribution in [0.5, 0.6) is 5.75 Å². The van der Waals surface area contributed by atoms with Crippen molar-refractivity contribution in [3.63, 3.8) is 0 Å². The minimum Gasteiger partial charge on any atom is -0.493 e. The third kappa shape index (κ3) is 3.45. The molecule has 3 aromatic rings. The normalized spacial score (nSPS) is 15.7. The topological polar surface area (TPSA) is 56.2 Å². The molecule has 27 heavy (non-hydrogen) atoms. The van der Waals surface area contributed by atoms with E-state index in [1.165, 1.54) is 0 Å². The maximum atomic E-state index is 13.0. The van der Waals surface area contributed by atoms with E-state index in [4.69, 9.17) is 4.74 Å². The van der Waals surface area contributed by atoms with Crippen LogP contribution in [0.4, 0.5) is 0 Å². The van der Waals surface area contributed by atoms with Gasteiger partial charge in [0, 0.05) is 17.7 Å². The maximum absolute atomic E-state index is 13.0. The Labute approximate surface area is 159 Å². The molecule has 1 atom stereocenters. The quantitative estimate of drug-likeness (QED) is 0.769. The number of nitrogens with one attached hydrogen (secondary N) is 1. The van der Waals surface area contributed by atoms with E-state index in [-0.39, 0.29) is 11.9 Å². The number of carbonyl (C=O) groups excluding carboxylic acids is 1. The summed E-state index contributed by atoms with van der Waals surface area (Å²) in [5.41, 5.74) is 4.49. The fourth-order valence-electron chi connectivity index (χ4n) is 3.66. The predicted octanol–water partition coefficient (Wildman–Crippen LogP) is 3.80. The molecule has 1 aliphatic heterocycles. The third-order valence-electron chi connectivity index (χ3n) is 5.05. The Morgan fingerprint density at radius 1 is 1.15 bits per heavy atom. The molecular formula is C22H23N3O2. The number of benzene rings is 2. The molecule has 2 heterocycles. The maximum Gasteiger partial charge on any atom is 0.255 e. The first-order valence-electron chi connectivity index (χ1n) is 9.24. The number of rotatable bonds is 4. The van der Waals surface area contributed by atoms with Crippen LogP contribution in [0.2, 0.25) is 0 Å². The molecule has 0 fully saturated rings. The van der Waals surface area contributed by atoms with Crippen LogP contribution in [-0.2, 0) is 6.54 Å². The van der Waals surface area contributed by atoms with Crippen molar-refractivity contribution in [1.82, 2.24) is 15.1 Å². The number of amides is 1. The van der Waals surface area contributed by atoms with Gasteiger partial charge in [-0.2, -0.15) is 5.10 Å². The molecule has 0 saturated heterocycles. The molecule has 1 aliphatic rings. The van der Waals surface area contributed by atoms with Crippen LogP contribution in [0.15, 0.2) is 54.6 Å². The zero-order chi connectivity index (χ0) is 18.8. The summed E-state index contributed by atoms with van der Waals surface area (Å²) in [6, 6.07) is 18.0. The summed E-state index contributed by atoms with van der Waals surface area (Å²) in [6.07, 6.45) is 0.763. The molecule has 5 nitrogen and oxygen atoms in total. The van der Waals surface area contributed by atoms with Crippen molar-refractivity contribution < 1.29 is 9.53 Å². The van der Waals surface area contributed by atoms with Crippen molar-refractivity contribution in [3.8, 4) is 5.75 Å². The van der Waals surface area contributed by atoms with Gasteiger partial charge in [0.1, 0.15) is 5.75 Å². The third-order valence-corrected chi connectivity index (χ3v) is 5.05. The summed E-state index contributed by atoms with van der Waals surface area (Å²) >= 11 is 0. The monoisotopic (exact) mass is 361 g/mol. The number of aromatic nitrogens is 2. The highest BCUT2D eigenvalue weighted by Gasteiger charge is 2.26. The number of hydrogen-bond donors (Lipinski definition) is 1. The molecule has 0 aliphatic carbocycles. The van der Waals surface area contributed by atoms with Gasteiger partial charge in [-0.1, -0.05) is 48.5 Å². The molecule has 1 N–H and O–H groups in total. The lowest BCUT2D eigenvalue weighted by Gasteiger charge is -2.26. The van der Waals surface area contributed by atoms with Gasteiger partial charge in [0.2, 0.25) is 0 Å². The SMILES string of the molecule is Cc1nn(Cc2ccccc2)c(C)c1C(=O)NC1CCOc2ccccc21. The van der Waals surface area contributed by atoms with Crippen LogP contribution in [0.1, 0.15) is 45.3 Å². The Morgan fingerprint density at radius 3 is 2.70 bits per heavy atom. The van der Waals surface area contributed by atoms with Gasteiger partial charge >= 0.3 is 0 Å². The van der Waals surface area contributed by atoms with Gasteiger partial charge < -0.3 is 10.1 Å². The Kier molecular flexibility index (Phi) is 4.67. The van der Waals surface area contributed by atoms with Gasteiger partial charge in [0.15, 0.2) is 0 Å². The number of nitrogens with zero attached hydrogens (tertiary/aromatic N) is 2. The lowest BCUT2D eigenvalue weighted by atomic mass is 10.00. The first-order valence-corrected chi connectivity index (χ1v) is 9.24. The number of para-hydroxylation sites is 1. The van der Waals surface area contributed by atoms with Crippen LogP contribution in [0.3, 0.4) is 0 Å². The number of aryl methyl sites for hydroxylation is 1. The first kappa shape index (κ1) is 17.3. The Hall–Kier alpha value is -3.08. The van der Waals surface area contributed by atoms with E-state index in [2.05, 4.69) is 22.5 Å². The average Bonchev–Trinajstić information content (AvgIpc) is 2.96. The molecule has 0 saturated carbocycles. The summed E-state index contributed by atoms with van der Waals surface area (Å²) in [7, 11) is 0.